The molecule has 0 aliphatic rings. The Hall–Kier alpha value is -2.84. The number of hydrogen-bond donors (Lipinski definition) is 2. The molecule has 25 heavy (non-hydrogen) atoms. The molecule has 0 spiro atoms. The Labute approximate surface area is 141 Å². The summed E-state index contributed by atoms with van der Waals surface area (Å²) in [4.78, 5) is 24.6. The van der Waals surface area contributed by atoms with Crippen LogP contribution in [0.1, 0.15) is 25.2 Å². The van der Waals surface area contributed by atoms with Gasteiger partial charge in [-0.25, -0.2) is 0 Å². The van der Waals surface area contributed by atoms with Gasteiger partial charge < -0.3 is 15.2 Å². The van der Waals surface area contributed by atoms with Crippen molar-refractivity contribution >= 4 is 23.3 Å². The minimum absolute atomic E-state index is 0.110. The average molecular weight is 355 g/mol. The predicted molar refractivity (Wildman–Crippen MR) is 83.7 cm³/mol. The van der Waals surface area contributed by atoms with Crippen LogP contribution in [0.3, 0.4) is 0 Å². The van der Waals surface area contributed by atoms with Crippen LogP contribution in [-0.2, 0) is 15.8 Å². The molecule has 2 amide bonds. The van der Waals surface area contributed by atoms with Gasteiger partial charge in [-0.3, -0.25) is 9.59 Å². The summed E-state index contributed by atoms with van der Waals surface area (Å²) in [6.07, 6.45) is -4.63. The standard InChI is InChI=1S/C16H16F3N3O3/c1-9-8-12(22-25-9)21-14(24)15(2,3)13(23)20-11-7-5-4-6-10(11)16(17,18)19/h4-8H,1-3H3,(H,20,23)(H,21,22,24). The molecule has 0 radical (unpaired) electrons. The van der Waals surface area contributed by atoms with E-state index in [0.29, 0.717) is 5.76 Å². The second-order valence-electron chi connectivity index (χ2n) is 5.90. The zero-order valence-corrected chi connectivity index (χ0v) is 13.7. The number of aryl methyl sites for hydroxylation is 1. The molecule has 0 unspecified atom stereocenters. The van der Waals surface area contributed by atoms with Gasteiger partial charge in [0.1, 0.15) is 11.2 Å². The molecule has 0 aliphatic carbocycles. The van der Waals surface area contributed by atoms with Gasteiger partial charge in [0.2, 0.25) is 11.8 Å². The summed E-state index contributed by atoms with van der Waals surface area (Å²) >= 11 is 0. The Kier molecular flexibility index (Phi) is 4.87. The Morgan fingerprint density at radius 1 is 1.08 bits per heavy atom. The first kappa shape index (κ1) is 18.5. The van der Waals surface area contributed by atoms with Gasteiger partial charge in [0, 0.05) is 6.07 Å². The monoisotopic (exact) mass is 355 g/mol. The van der Waals surface area contributed by atoms with Gasteiger partial charge >= 0.3 is 6.18 Å². The fourth-order valence-electron chi connectivity index (χ4n) is 1.92. The Bertz CT molecular complexity index is 797. The highest BCUT2D eigenvalue weighted by Crippen LogP contribution is 2.35. The number of amides is 2. The molecule has 6 nitrogen and oxygen atoms in total. The van der Waals surface area contributed by atoms with E-state index < -0.39 is 34.7 Å². The largest absolute Gasteiger partial charge is 0.418 e. The predicted octanol–water partition coefficient (Wildman–Crippen LogP) is 3.61. The number of nitrogens with one attached hydrogen (secondary N) is 2. The molecule has 0 atom stereocenters. The lowest BCUT2D eigenvalue weighted by Crippen LogP contribution is -2.42. The van der Waals surface area contributed by atoms with Crippen LogP contribution in [0.5, 0.6) is 0 Å². The van der Waals surface area contributed by atoms with Gasteiger partial charge in [0.25, 0.3) is 0 Å². The number of anilines is 2. The van der Waals surface area contributed by atoms with E-state index in [9.17, 15) is 22.8 Å². The maximum absolute atomic E-state index is 13.0. The maximum Gasteiger partial charge on any atom is 0.418 e. The van der Waals surface area contributed by atoms with E-state index in [1.165, 1.54) is 32.0 Å². The first-order valence-electron chi connectivity index (χ1n) is 7.24. The van der Waals surface area contributed by atoms with Gasteiger partial charge in [0.15, 0.2) is 5.82 Å². The second-order valence-corrected chi connectivity index (χ2v) is 5.90. The second kappa shape index (κ2) is 6.58. The zero-order chi connectivity index (χ0) is 18.8. The summed E-state index contributed by atoms with van der Waals surface area (Å²) in [5.74, 6) is -1.06. The van der Waals surface area contributed by atoms with Crippen molar-refractivity contribution in [3.8, 4) is 0 Å². The number of aromatic nitrogens is 1. The summed E-state index contributed by atoms with van der Waals surface area (Å²) in [5.41, 5.74) is -3.06. The molecule has 1 aromatic heterocycles. The summed E-state index contributed by atoms with van der Waals surface area (Å²) in [5, 5.41) is 8.12. The van der Waals surface area contributed by atoms with Crippen LogP contribution in [0.15, 0.2) is 34.9 Å². The summed E-state index contributed by atoms with van der Waals surface area (Å²) in [6, 6.07) is 5.99. The van der Waals surface area contributed by atoms with E-state index in [1.54, 1.807) is 6.92 Å². The van der Waals surface area contributed by atoms with Crippen LogP contribution in [0, 0.1) is 12.3 Å². The third-order valence-electron chi connectivity index (χ3n) is 3.49. The van der Waals surface area contributed by atoms with Crippen LogP contribution in [0.4, 0.5) is 24.7 Å². The number of rotatable bonds is 4. The van der Waals surface area contributed by atoms with Crippen LogP contribution in [-0.4, -0.2) is 17.0 Å². The number of halogens is 3. The molecule has 2 N–H and O–H groups in total. The number of benzene rings is 1. The summed E-state index contributed by atoms with van der Waals surface area (Å²) in [7, 11) is 0. The fourth-order valence-corrected chi connectivity index (χ4v) is 1.92. The minimum Gasteiger partial charge on any atom is -0.360 e. The molecule has 9 heteroatoms. The van der Waals surface area contributed by atoms with Gasteiger partial charge in [0.05, 0.1) is 11.3 Å². The van der Waals surface area contributed by atoms with Crippen molar-refractivity contribution in [1.82, 2.24) is 5.16 Å². The molecule has 1 heterocycles. The number of para-hydroxylation sites is 1. The molecule has 1 aromatic carbocycles. The SMILES string of the molecule is Cc1cc(NC(=O)C(C)(C)C(=O)Nc2ccccc2C(F)(F)F)no1. The fraction of sp³-hybridized carbons (Fsp3) is 0.312. The number of hydrogen-bond acceptors (Lipinski definition) is 4. The number of carbonyl (C=O) groups is 2. The van der Waals surface area contributed by atoms with Crippen LogP contribution >= 0.6 is 0 Å². The van der Waals surface area contributed by atoms with Crippen molar-refractivity contribution in [3.05, 3.63) is 41.7 Å². The molecule has 0 fully saturated rings. The third-order valence-corrected chi connectivity index (χ3v) is 3.49. The molecule has 0 bridgehead atoms. The molecular formula is C16H16F3N3O3. The van der Waals surface area contributed by atoms with Gasteiger partial charge in [-0.2, -0.15) is 13.2 Å². The lowest BCUT2D eigenvalue weighted by Gasteiger charge is -2.23. The van der Waals surface area contributed by atoms with E-state index >= 15 is 0 Å². The zero-order valence-electron chi connectivity index (χ0n) is 13.7. The van der Waals surface area contributed by atoms with Crippen LogP contribution < -0.4 is 10.6 Å². The van der Waals surface area contributed by atoms with E-state index in [-0.39, 0.29) is 5.82 Å². The number of alkyl halides is 3. The molecular weight excluding hydrogens is 339 g/mol. The number of nitrogens with zero attached hydrogens (tertiary/aromatic N) is 1. The van der Waals surface area contributed by atoms with E-state index in [2.05, 4.69) is 15.8 Å². The lowest BCUT2D eigenvalue weighted by atomic mass is 9.90. The van der Waals surface area contributed by atoms with Crippen molar-refractivity contribution in [3.63, 3.8) is 0 Å². The first-order valence-corrected chi connectivity index (χ1v) is 7.24. The molecule has 134 valence electrons. The van der Waals surface area contributed by atoms with Crippen molar-refractivity contribution < 1.29 is 27.3 Å². The van der Waals surface area contributed by atoms with E-state index in [0.717, 1.165) is 12.1 Å². The molecule has 2 aromatic rings. The van der Waals surface area contributed by atoms with Gasteiger partial charge in [-0.05, 0) is 32.9 Å². The smallest absolute Gasteiger partial charge is 0.360 e. The van der Waals surface area contributed by atoms with Crippen molar-refractivity contribution in [1.29, 1.82) is 0 Å². The first-order chi connectivity index (χ1) is 11.5. The van der Waals surface area contributed by atoms with Gasteiger partial charge in [-0.1, -0.05) is 17.3 Å². The maximum atomic E-state index is 13.0. The van der Waals surface area contributed by atoms with Crippen LogP contribution in [0.2, 0.25) is 0 Å². The van der Waals surface area contributed by atoms with Crippen molar-refractivity contribution in [2.24, 2.45) is 5.41 Å². The van der Waals surface area contributed by atoms with E-state index in [4.69, 9.17) is 4.52 Å². The molecule has 2 rings (SSSR count). The normalized spacial score (nSPS) is 11.9. The lowest BCUT2D eigenvalue weighted by molar-refractivity contribution is -0.137. The van der Waals surface area contributed by atoms with Crippen LogP contribution in [0.25, 0.3) is 0 Å². The van der Waals surface area contributed by atoms with Gasteiger partial charge in [-0.15, -0.1) is 0 Å². The number of carbonyl (C=O) groups excluding carboxylic acids is 2. The van der Waals surface area contributed by atoms with E-state index in [1.807, 2.05) is 0 Å². The summed E-state index contributed by atoms with van der Waals surface area (Å²) < 4.78 is 43.8. The topological polar surface area (TPSA) is 84.2 Å². The minimum atomic E-state index is -4.63. The average Bonchev–Trinajstić information content (AvgIpc) is 2.91. The third kappa shape index (κ3) is 4.17. The molecule has 0 aliphatic heterocycles. The highest BCUT2D eigenvalue weighted by atomic mass is 19.4. The summed E-state index contributed by atoms with van der Waals surface area (Å²) in [6.45, 7) is 4.20. The van der Waals surface area contributed by atoms with Crippen molar-refractivity contribution in [2.45, 2.75) is 26.9 Å². The molecule has 0 saturated carbocycles. The Balaban J connectivity index is 2.18. The highest BCUT2D eigenvalue weighted by Gasteiger charge is 2.39. The quantitative estimate of drug-likeness (QED) is 0.821. The Morgan fingerprint density at radius 2 is 1.68 bits per heavy atom. The van der Waals surface area contributed by atoms with Crippen molar-refractivity contribution in [2.75, 3.05) is 10.6 Å². The Morgan fingerprint density at radius 3 is 2.24 bits per heavy atom. The highest BCUT2D eigenvalue weighted by molar-refractivity contribution is 6.13. The molecule has 0 saturated heterocycles.